The highest BCUT2D eigenvalue weighted by atomic mass is 35.5. The molecule has 1 N–H and O–H groups in total. The Kier molecular flexibility index (Phi) is 5.88. The van der Waals surface area contributed by atoms with Crippen LogP contribution in [0.1, 0.15) is 56.5 Å². The fourth-order valence-electron chi connectivity index (χ4n) is 3.95. The van der Waals surface area contributed by atoms with Gasteiger partial charge in [0.25, 0.3) is 5.91 Å². The Bertz CT molecular complexity index is 947. The van der Waals surface area contributed by atoms with Gasteiger partial charge in [-0.3, -0.25) is 4.79 Å². The maximum absolute atomic E-state index is 12.8. The van der Waals surface area contributed by atoms with Crippen molar-refractivity contribution < 1.29 is 14.3 Å². The van der Waals surface area contributed by atoms with Gasteiger partial charge in [-0.15, -0.1) is 0 Å². The lowest BCUT2D eigenvalue weighted by atomic mass is 9.85. The van der Waals surface area contributed by atoms with Crippen LogP contribution >= 0.6 is 11.6 Å². The molecule has 0 aliphatic carbocycles. The van der Waals surface area contributed by atoms with E-state index in [0.717, 1.165) is 12.8 Å². The van der Waals surface area contributed by atoms with Gasteiger partial charge in [0, 0.05) is 11.6 Å². The number of halogens is 1. The molecule has 152 valence electrons. The van der Waals surface area contributed by atoms with Crippen molar-refractivity contribution in [3.8, 4) is 17.6 Å². The number of benzene rings is 2. The number of hydrogen-bond donors (Lipinski definition) is 1. The Morgan fingerprint density at radius 3 is 2.41 bits per heavy atom. The summed E-state index contributed by atoms with van der Waals surface area (Å²) in [5, 5.41) is 12.6. The van der Waals surface area contributed by atoms with E-state index in [2.05, 4.69) is 11.4 Å². The second-order valence-corrected chi connectivity index (χ2v) is 8.96. The van der Waals surface area contributed by atoms with E-state index < -0.39 is 0 Å². The van der Waals surface area contributed by atoms with E-state index in [9.17, 15) is 10.1 Å². The largest absolute Gasteiger partial charge is 0.454 e. The monoisotopic (exact) mass is 412 g/mol. The van der Waals surface area contributed by atoms with Crippen LogP contribution in [0, 0.1) is 11.3 Å². The number of carbonyl (C=O) groups excluding carboxylic acids is 1. The molecule has 2 aromatic carbocycles. The van der Waals surface area contributed by atoms with Gasteiger partial charge < -0.3 is 14.8 Å². The third-order valence-electron chi connectivity index (χ3n) is 4.79. The number of nitriles is 1. The fourth-order valence-corrected chi connectivity index (χ4v) is 4.17. The van der Waals surface area contributed by atoms with Crippen molar-refractivity contribution in [1.82, 2.24) is 5.32 Å². The molecule has 0 atom stereocenters. The average molecular weight is 413 g/mol. The molecule has 29 heavy (non-hydrogen) atoms. The van der Waals surface area contributed by atoms with Crippen LogP contribution in [-0.2, 0) is 4.74 Å². The van der Waals surface area contributed by atoms with Gasteiger partial charge in [-0.1, -0.05) is 23.7 Å². The van der Waals surface area contributed by atoms with Crippen LogP contribution in [0.25, 0.3) is 0 Å². The zero-order chi connectivity index (χ0) is 21.2. The van der Waals surface area contributed by atoms with E-state index in [1.807, 2.05) is 27.7 Å². The van der Waals surface area contributed by atoms with Crippen LogP contribution in [0.5, 0.6) is 11.5 Å². The second-order valence-electron chi connectivity index (χ2n) is 8.56. The molecular formula is C23H25ClN2O3. The summed E-state index contributed by atoms with van der Waals surface area (Å²) in [4.78, 5) is 12.8. The lowest BCUT2D eigenvalue weighted by Gasteiger charge is -2.45. The Morgan fingerprint density at radius 2 is 1.79 bits per heavy atom. The minimum absolute atomic E-state index is 0.0125. The van der Waals surface area contributed by atoms with Crippen molar-refractivity contribution in [3.63, 3.8) is 0 Å². The second kappa shape index (κ2) is 8.06. The first-order valence-corrected chi connectivity index (χ1v) is 9.94. The molecular weight excluding hydrogens is 388 g/mol. The predicted molar refractivity (Wildman–Crippen MR) is 112 cm³/mol. The minimum Gasteiger partial charge on any atom is -0.454 e. The molecule has 0 aromatic heterocycles. The summed E-state index contributed by atoms with van der Waals surface area (Å²) in [5.41, 5.74) is 0.264. The fraction of sp³-hybridized carbons (Fsp3) is 0.391. The van der Waals surface area contributed by atoms with Crippen molar-refractivity contribution in [3.05, 3.63) is 58.6 Å². The molecule has 1 heterocycles. The van der Waals surface area contributed by atoms with Crippen LogP contribution in [0.2, 0.25) is 5.02 Å². The zero-order valence-corrected chi connectivity index (χ0v) is 17.8. The summed E-state index contributed by atoms with van der Waals surface area (Å²) in [6.45, 7) is 8.15. The topological polar surface area (TPSA) is 71.3 Å². The Balaban J connectivity index is 1.73. The molecule has 0 spiro atoms. The predicted octanol–water partition coefficient (Wildman–Crippen LogP) is 5.47. The molecule has 5 nitrogen and oxygen atoms in total. The maximum Gasteiger partial charge on any atom is 0.251 e. The molecule has 1 fully saturated rings. The molecule has 3 rings (SSSR count). The van der Waals surface area contributed by atoms with Gasteiger partial charge in [-0.2, -0.15) is 5.26 Å². The van der Waals surface area contributed by atoms with Gasteiger partial charge in [0.15, 0.2) is 0 Å². The van der Waals surface area contributed by atoms with Gasteiger partial charge >= 0.3 is 0 Å². The summed E-state index contributed by atoms with van der Waals surface area (Å²) >= 11 is 6.34. The summed E-state index contributed by atoms with van der Waals surface area (Å²) < 4.78 is 11.8. The van der Waals surface area contributed by atoms with Crippen LogP contribution in [-0.4, -0.2) is 23.2 Å². The summed E-state index contributed by atoms with van der Waals surface area (Å²) in [7, 11) is 0. The van der Waals surface area contributed by atoms with E-state index in [-0.39, 0.29) is 23.2 Å². The lowest BCUT2D eigenvalue weighted by molar-refractivity contribution is -0.162. The van der Waals surface area contributed by atoms with Crippen LogP contribution in [0.15, 0.2) is 42.5 Å². The number of carbonyl (C=O) groups is 1. The first kappa shape index (κ1) is 21.2. The molecule has 1 saturated heterocycles. The van der Waals surface area contributed by atoms with Gasteiger partial charge in [-0.25, -0.2) is 0 Å². The van der Waals surface area contributed by atoms with Crippen molar-refractivity contribution in [1.29, 1.82) is 5.26 Å². The standard InChI is InChI=1S/C23H25ClN2O3/c1-22(2)12-17(13-23(3,4)29-22)26-21(27)15-9-10-20(18(24)11-15)28-19-8-6-5-7-16(19)14-25/h5-11,17H,12-13H2,1-4H3,(H,26,27). The van der Waals surface area contributed by atoms with Crippen molar-refractivity contribution in [2.45, 2.75) is 57.8 Å². The van der Waals surface area contributed by atoms with Gasteiger partial charge in [0.1, 0.15) is 17.6 Å². The third kappa shape index (κ3) is 5.29. The molecule has 1 aliphatic heterocycles. The Hall–Kier alpha value is -2.55. The first-order valence-electron chi connectivity index (χ1n) is 9.56. The Morgan fingerprint density at radius 1 is 1.14 bits per heavy atom. The van der Waals surface area contributed by atoms with E-state index in [1.165, 1.54) is 0 Å². The SMILES string of the molecule is CC1(C)CC(NC(=O)c2ccc(Oc3ccccc3C#N)c(Cl)c2)CC(C)(C)O1. The number of amides is 1. The van der Waals surface area contributed by atoms with Crippen LogP contribution in [0.4, 0.5) is 0 Å². The van der Waals surface area contributed by atoms with E-state index in [4.69, 9.17) is 21.1 Å². The van der Waals surface area contributed by atoms with E-state index >= 15 is 0 Å². The number of nitrogens with zero attached hydrogens (tertiary/aromatic N) is 1. The van der Waals surface area contributed by atoms with Crippen molar-refractivity contribution >= 4 is 17.5 Å². The number of hydrogen-bond acceptors (Lipinski definition) is 4. The number of rotatable bonds is 4. The summed E-state index contributed by atoms with van der Waals surface area (Å²) in [5.74, 6) is 0.620. The zero-order valence-electron chi connectivity index (χ0n) is 17.1. The quantitative estimate of drug-likeness (QED) is 0.722. The molecule has 6 heteroatoms. The first-order chi connectivity index (χ1) is 13.6. The van der Waals surface area contributed by atoms with Crippen molar-refractivity contribution in [2.24, 2.45) is 0 Å². The third-order valence-corrected chi connectivity index (χ3v) is 5.08. The van der Waals surface area contributed by atoms with E-state index in [1.54, 1.807) is 42.5 Å². The highest BCUT2D eigenvalue weighted by Crippen LogP contribution is 2.35. The smallest absolute Gasteiger partial charge is 0.251 e. The molecule has 1 aliphatic rings. The van der Waals surface area contributed by atoms with Gasteiger partial charge in [0.2, 0.25) is 0 Å². The molecule has 0 bridgehead atoms. The van der Waals surface area contributed by atoms with Crippen LogP contribution < -0.4 is 10.1 Å². The molecule has 2 aromatic rings. The average Bonchev–Trinajstić information content (AvgIpc) is 2.61. The normalized spacial score (nSPS) is 17.9. The highest BCUT2D eigenvalue weighted by molar-refractivity contribution is 6.32. The lowest BCUT2D eigenvalue weighted by Crippen LogP contribution is -2.52. The summed E-state index contributed by atoms with van der Waals surface area (Å²) in [6.07, 6.45) is 1.48. The Labute approximate surface area is 176 Å². The number of para-hydroxylation sites is 1. The van der Waals surface area contributed by atoms with Crippen molar-refractivity contribution in [2.75, 3.05) is 0 Å². The number of nitrogens with one attached hydrogen (secondary N) is 1. The summed E-state index contributed by atoms with van der Waals surface area (Å²) in [6, 6.07) is 13.9. The molecule has 0 saturated carbocycles. The van der Waals surface area contributed by atoms with Crippen LogP contribution in [0.3, 0.4) is 0 Å². The highest BCUT2D eigenvalue weighted by Gasteiger charge is 2.39. The minimum atomic E-state index is -0.302. The van der Waals surface area contributed by atoms with E-state index in [0.29, 0.717) is 27.6 Å². The number of ether oxygens (including phenoxy) is 2. The molecule has 0 unspecified atom stereocenters. The molecule has 0 radical (unpaired) electrons. The molecule has 1 amide bonds. The van der Waals surface area contributed by atoms with Gasteiger partial charge in [0.05, 0.1) is 21.8 Å². The maximum atomic E-state index is 12.8. The van der Waals surface area contributed by atoms with Gasteiger partial charge in [-0.05, 0) is 70.9 Å².